The summed E-state index contributed by atoms with van der Waals surface area (Å²) in [7, 11) is 0. The molecule has 4 heteroatoms. The highest BCUT2D eigenvalue weighted by atomic mass is 35.5. The summed E-state index contributed by atoms with van der Waals surface area (Å²) in [5.41, 5.74) is 1.12. The largest absolute Gasteiger partial charge is 0.332 e. The fourth-order valence-electron chi connectivity index (χ4n) is 1.86. The van der Waals surface area contributed by atoms with E-state index in [2.05, 4.69) is 0 Å². The van der Waals surface area contributed by atoms with Gasteiger partial charge in [-0.2, -0.15) is 0 Å². The first kappa shape index (κ1) is 14.1. The Morgan fingerprint density at radius 2 is 1.95 bits per heavy atom. The highest BCUT2D eigenvalue weighted by Crippen LogP contribution is 2.18. The number of aryl methyl sites for hydroxylation is 1. The molecular formula is C15H16ClNOS. The van der Waals surface area contributed by atoms with Gasteiger partial charge in [0.25, 0.3) is 5.91 Å². The number of nitrogens with zero attached hydrogens (tertiary/aromatic N) is 1. The van der Waals surface area contributed by atoms with E-state index >= 15 is 0 Å². The second-order valence-corrected chi connectivity index (χ2v) is 5.98. The number of alkyl halides is 1. The number of thiophene rings is 1. The van der Waals surface area contributed by atoms with E-state index in [0.717, 1.165) is 15.3 Å². The van der Waals surface area contributed by atoms with Gasteiger partial charge < -0.3 is 4.90 Å². The predicted octanol–water partition coefficient (Wildman–Crippen LogP) is 3.94. The second kappa shape index (κ2) is 6.73. The van der Waals surface area contributed by atoms with Crippen LogP contribution in [-0.2, 0) is 6.54 Å². The molecule has 1 amide bonds. The Hall–Kier alpha value is -1.32. The Bertz CT molecular complexity index is 538. The van der Waals surface area contributed by atoms with E-state index in [1.165, 1.54) is 11.3 Å². The average Bonchev–Trinajstić information content (AvgIpc) is 2.85. The van der Waals surface area contributed by atoms with Crippen LogP contribution in [0.3, 0.4) is 0 Å². The van der Waals surface area contributed by atoms with Crippen molar-refractivity contribution >= 4 is 28.8 Å². The van der Waals surface area contributed by atoms with Crippen LogP contribution in [0.5, 0.6) is 0 Å². The topological polar surface area (TPSA) is 20.3 Å². The van der Waals surface area contributed by atoms with Gasteiger partial charge in [-0.25, -0.2) is 0 Å². The van der Waals surface area contributed by atoms with Gasteiger partial charge in [-0.05, 0) is 24.6 Å². The predicted molar refractivity (Wildman–Crippen MR) is 81.0 cm³/mol. The minimum Gasteiger partial charge on any atom is -0.332 e. The summed E-state index contributed by atoms with van der Waals surface area (Å²) in [5, 5.41) is 0. The lowest BCUT2D eigenvalue weighted by molar-refractivity contribution is 0.0758. The van der Waals surface area contributed by atoms with Crippen LogP contribution in [-0.4, -0.2) is 23.2 Å². The Balaban J connectivity index is 2.13. The molecule has 0 saturated heterocycles. The van der Waals surface area contributed by atoms with Crippen molar-refractivity contribution in [1.82, 2.24) is 4.90 Å². The highest BCUT2D eigenvalue weighted by molar-refractivity contribution is 7.13. The third-order valence-corrected chi connectivity index (χ3v) is 3.97. The lowest BCUT2D eigenvalue weighted by Gasteiger charge is -2.21. The fourth-order valence-corrected chi connectivity index (χ4v) is 2.90. The molecule has 0 bridgehead atoms. The molecule has 0 unspecified atom stereocenters. The summed E-state index contributed by atoms with van der Waals surface area (Å²) in [4.78, 5) is 16.2. The molecule has 0 N–H and O–H groups in total. The summed E-state index contributed by atoms with van der Waals surface area (Å²) < 4.78 is 0. The van der Waals surface area contributed by atoms with Crippen LogP contribution >= 0.6 is 22.9 Å². The summed E-state index contributed by atoms with van der Waals surface area (Å²) in [6, 6.07) is 13.8. The molecule has 1 aromatic carbocycles. The minimum atomic E-state index is 0.0580. The van der Waals surface area contributed by atoms with Crippen molar-refractivity contribution in [2.24, 2.45) is 0 Å². The van der Waals surface area contributed by atoms with Crippen LogP contribution in [0.2, 0.25) is 0 Å². The first-order chi connectivity index (χ1) is 9.20. The normalized spacial score (nSPS) is 10.4. The molecule has 0 aliphatic heterocycles. The lowest BCUT2D eigenvalue weighted by Crippen LogP contribution is -2.31. The zero-order valence-electron chi connectivity index (χ0n) is 10.8. The molecule has 0 saturated carbocycles. The van der Waals surface area contributed by atoms with E-state index in [9.17, 15) is 4.79 Å². The summed E-state index contributed by atoms with van der Waals surface area (Å²) in [6.45, 7) is 3.17. The molecule has 0 radical (unpaired) electrons. The van der Waals surface area contributed by atoms with Crippen molar-refractivity contribution in [2.75, 3.05) is 12.4 Å². The van der Waals surface area contributed by atoms with Crippen LogP contribution in [0, 0.1) is 6.92 Å². The maximum absolute atomic E-state index is 12.4. The Morgan fingerprint density at radius 1 is 1.21 bits per heavy atom. The first-order valence-corrected chi connectivity index (χ1v) is 7.51. The van der Waals surface area contributed by atoms with Crippen molar-refractivity contribution in [2.45, 2.75) is 13.5 Å². The number of amides is 1. The van der Waals surface area contributed by atoms with Crippen molar-refractivity contribution in [3.63, 3.8) is 0 Å². The summed E-state index contributed by atoms with van der Waals surface area (Å²) >= 11 is 7.34. The van der Waals surface area contributed by atoms with E-state index in [0.29, 0.717) is 19.0 Å². The van der Waals surface area contributed by atoms with Gasteiger partial charge in [0.15, 0.2) is 0 Å². The zero-order valence-corrected chi connectivity index (χ0v) is 12.4. The smallest absolute Gasteiger partial charge is 0.264 e. The zero-order chi connectivity index (χ0) is 13.7. The molecule has 2 aromatic rings. The highest BCUT2D eigenvalue weighted by Gasteiger charge is 2.17. The number of hydrogen-bond acceptors (Lipinski definition) is 2. The van der Waals surface area contributed by atoms with E-state index in [-0.39, 0.29) is 5.91 Å². The number of halogens is 1. The van der Waals surface area contributed by atoms with E-state index in [1.807, 2.05) is 49.4 Å². The van der Waals surface area contributed by atoms with E-state index in [4.69, 9.17) is 11.6 Å². The van der Waals surface area contributed by atoms with Crippen LogP contribution in [0.1, 0.15) is 20.1 Å². The fraction of sp³-hybridized carbons (Fsp3) is 0.267. The van der Waals surface area contributed by atoms with Crippen molar-refractivity contribution in [3.8, 4) is 0 Å². The molecule has 1 aromatic heterocycles. The van der Waals surface area contributed by atoms with Gasteiger partial charge in [0.2, 0.25) is 0 Å². The van der Waals surface area contributed by atoms with Gasteiger partial charge in [0.1, 0.15) is 0 Å². The van der Waals surface area contributed by atoms with Gasteiger partial charge in [0, 0.05) is 23.8 Å². The van der Waals surface area contributed by atoms with Crippen LogP contribution in [0.15, 0.2) is 42.5 Å². The molecule has 2 rings (SSSR count). The molecule has 0 fully saturated rings. The molecule has 0 spiro atoms. The van der Waals surface area contributed by atoms with Crippen molar-refractivity contribution < 1.29 is 4.79 Å². The maximum atomic E-state index is 12.4. The van der Waals surface area contributed by atoms with E-state index < -0.39 is 0 Å². The van der Waals surface area contributed by atoms with Crippen LogP contribution < -0.4 is 0 Å². The van der Waals surface area contributed by atoms with Gasteiger partial charge in [-0.1, -0.05) is 30.3 Å². The quantitative estimate of drug-likeness (QED) is 0.765. The Labute approximate surface area is 122 Å². The molecule has 19 heavy (non-hydrogen) atoms. The standard InChI is InChI=1S/C15H16ClNOS/c1-12-7-8-14(19-12)15(18)17(10-9-16)11-13-5-3-2-4-6-13/h2-8H,9-11H2,1H3. The molecule has 2 nitrogen and oxygen atoms in total. The maximum Gasteiger partial charge on any atom is 0.264 e. The Kier molecular flexibility index (Phi) is 5.00. The van der Waals surface area contributed by atoms with Crippen molar-refractivity contribution in [3.05, 3.63) is 57.8 Å². The Morgan fingerprint density at radius 3 is 2.53 bits per heavy atom. The number of hydrogen-bond donors (Lipinski definition) is 0. The van der Waals surface area contributed by atoms with Gasteiger partial charge >= 0.3 is 0 Å². The number of benzene rings is 1. The molecular weight excluding hydrogens is 278 g/mol. The van der Waals surface area contributed by atoms with Gasteiger partial charge in [-0.15, -0.1) is 22.9 Å². The van der Waals surface area contributed by atoms with Crippen LogP contribution in [0.4, 0.5) is 0 Å². The third-order valence-electron chi connectivity index (χ3n) is 2.81. The second-order valence-electron chi connectivity index (χ2n) is 4.31. The number of rotatable bonds is 5. The van der Waals surface area contributed by atoms with E-state index in [1.54, 1.807) is 4.90 Å². The van der Waals surface area contributed by atoms with Crippen LogP contribution in [0.25, 0.3) is 0 Å². The van der Waals surface area contributed by atoms with Gasteiger partial charge in [-0.3, -0.25) is 4.79 Å². The molecule has 0 aliphatic rings. The molecule has 0 aliphatic carbocycles. The third kappa shape index (κ3) is 3.82. The molecule has 0 atom stereocenters. The summed E-state index contributed by atoms with van der Waals surface area (Å²) in [6.07, 6.45) is 0. The van der Waals surface area contributed by atoms with Gasteiger partial charge in [0.05, 0.1) is 4.88 Å². The average molecular weight is 294 g/mol. The SMILES string of the molecule is Cc1ccc(C(=O)N(CCCl)Cc2ccccc2)s1. The first-order valence-electron chi connectivity index (χ1n) is 6.16. The summed E-state index contributed by atoms with van der Waals surface area (Å²) in [5.74, 6) is 0.505. The monoisotopic (exact) mass is 293 g/mol. The number of carbonyl (C=O) groups excluding carboxylic acids is 1. The lowest BCUT2D eigenvalue weighted by atomic mass is 10.2. The molecule has 100 valence electrons. The number of carbonyl (C=O) groups is 1. The molecule has 1 heterocycles. The van der Waals surface area contributed by atoms with Crippen molar-refractivity contribution in [1.29, 1.82) is 0 Å². The minimum absolute atomic E-state index is 0.0580.